The van der Waals surface area contributed by atoms with E-state index in [0.29, 0.717) is 0 Å². The fourth-order valence-electron chi connectivity index (χ4n) is 1.99. The van der Waals surface area contributed by atoms with Crippen molar-refractivity contribution in [2.75, 3.05) is 0 Å². The molecular weight excluding hydrogens is 298 g/mol. The second-order valence-corrected chi connectivity index (χ2v) is 6.35. The van der Waals surface area contributed by atoms with E-state index >= 15 is 0 Å². The van der Waals surface area contributed by atoms with Gasteiger partial charge in [0.25, 0.3) is 0 Å². The number of fused-ring (bicyclic) bond motifs is 1. The molecule has 1 aliphatic heterocycles. The van der Waals surface area contributed by atoms with Crippen LogP contribution in [-0.4, -0.2) is 27.5 Å². The summed E-state index contributed by atoms with van der Waals surface area (Å²) in [4.78, 5) is 11.7. The lowest BCUT2D eigenvalue weighted by Gasteiger charge is -2.26. The van der Waals surface area contributed by atoms with Gasteiger partial charge in [-0.3, -0.25) is 4.68 Å². The Balaban J connectivity index is 1.94. The van der Waals surface area contributed by atoms with E-state index in [1.807, 2.05) is 25.5 Å². The Morgan fingerprint density at radius 1 is 1.61 bits per heavy atom. The highest BCUT2D eigenvalue weighted by Gasteiger charge is 2.25. The Hall–Kier alpha value is -1.04. The fourth-order valence-corrected chi connectivity index (χ4v) is 2.45. The van der Waals surface area contributed by atoms with Crippen molar-refractivity contribution in [2.24, 2.45) is 0 Å². The van der Waals surface area contributed by atoms with Gasteiger partial charge in [-0.05, 0) is 43.1 Å². The first-order valence-corrected chi connectivity index (χ1v) is 6.84. The van der Waals surface area contributed by atoms with Crippen LogP contribution >= 0.6 is 15.9 Å². The van der Waals surface area contributed by atoms with E-state index in [-0.39, 0.29) is 12.1 Å². The fraction of sp³-hybridized carbons (Fsp3) is 0.667. The molecule has 0 saturated carbocycles. The number of nitrogens with one attached hydrogen (secondary N) is 1. The van der Waals surface area contributed by atoms with Crippen LogP contribution in [0.15, 0.2) is 10.7 Å². The van der Waals surface area contributed by atoms with Crippen molar-refractivity contribution < 1.29 is 9.53 Å². The number of aryl methyl sites for hydroxylation is 1. The zero-order chi connectivity index (χ0) is 13.3. The van der Waals surface area contributed by atoms with E-state index in [9.17, 15) is 4.79 Å². The monoisotopic (exact) mass is 315 g/mol. The summed E-state index contributed by atoms with van der Waals surface area (Å²) in [6, 6.07) is 0.111. The van der Waals surface area contributed by atoms with E-state index in [2.05, 4.69) is 26.3 Å². The maximum atomic E-state index is 11.7. The van der Waals surface area contributed by atoms with Crippen molar-refractivity contribution in [3.05, 3.63) is 16.4 Å². The number of hydrogen-bond donors (Lipinski definition) is 1. The average molecular weight is 316 g/mol. The van der Waals surface area contributed by atoms with Crippen LogP contribution in [0.4, 0.5) is 4.79 Å². The van der Waals surface area contributed by atoms with Crippen LogP contribution in [0, 0.1) is 0 Å². The third-order valence-corrected chi connectivity index (χ3v) is 3.41. The molecule has 6 heteroatoms. The van der Waals surface area contributed by atoms with Crippen molar-refractivity contribution >= 4 is 22.0 Å². The van der Waals surface area contributed by atoms with Gasteiger partial charge >= 0.3 is 6.09 Å². The van der Waals surface area contributed by atoms with E-state index < -0.39 is 5.60 Å². The van der Waals surface area contributed by atoms with E-state index in [4.69, 9.17) is 4.74 Å². The summed E-state index contributed by atoms with van der Waals surface area (Å²) in [5.74, 6) is 0. The quantitative estimate of drug-likeness (QED) is 0.866. The average Bonchev–Trinajstić information content (AvgIpc) is 2.57. The van der Waals surface area contributed by atoms with Crippen molar-refractivity contribution in [1.82, 2.24) is 15.1 Å². The van der Waals surface area contributed by atoms with Crippen molar-refractivity contribution in [3.8, 4) is 0 Å². The second-order valence-electron chi connectivity index (χ2n) is 5.50. The van der Waals surface area contributed by atoms with Gasteiger partial charge in [0, 0.05) is 19.0 Å². The molecule has 1 aromatic rings. The predicted octanol–water partition coefficient (Wildman–Crippen LogP) is 2.49. The molecule has 100 valence electrons. The summed E-state index contributed by atoms with van der Waals surface area (Å²) < 4.78 is 8.22. The highest BCUT2D eigenvalue weighted by Crippen LogP contribution is 2.23. The summed E-state index contributed by atoms with van der Waals surface area (Å²) in [5.41, 5.74) is 0.670. The molecule has 1 N–H and O–H groups in total. The van der Waals surface area contributed by atoms with Gasteiger partial charge in [-0.25, -0.2) is 4.79 Å². The van der Waals surface area contributed by atoms with Gasteiger partial charge in [0.15, 0.2) is 0 Å². The molecule has 0 bridgehead atoms. The Morgan fingerprint density at radius 2 is 2.33 bits per heavy atom. The summed E-state index contributed by atoms with van der Waals surface area (Å²) >= 11 is 3.47. The number of ether oxygens (including phenoxy) is 1. The van der Waals surface area contributed by atoms with Crippen LogP contribution in [0.25, 0.3) is 0 Å². The lowest BCUT2D eigenvalue weighted by atomic mass is 10.0. The first-order valence-electron chi connectivity index (χ1n) is 6.05. The zero-order valence-corrected chi connectivity index (χ0v) is 12.5. The number of halogens is 1. The Labute approximate surface area is 115 Å². The summed E-state index contributed by atoms with van der Waals surface area (Å²) in [5, 5.41) is 7.17. The summed E-state index contributed by atoms with van der Waals surface area (Å²) in [7, 11) is 0. The molecule has 1 aromatic heterocycles. The normalized spacial score (nSPS) is 19.2. The molecule has 5 nitrogen and oxygen atoms in total. The van der Waals surface area contributed by atoms with Crippen LogP contribution in [0.1, 0.15) is 32.9 Å². The molecule has 2 heterocycles. The Morgan fingerprint density at radius 3 is 3.00 bits per heavy atom. The molecule has 1 unspecified atom stereocenters. The van der Waals surface area contributed by atoms with Gasteiger partial charge in [-0.2, -0.15) is 5.10 Å². The first kappa shape index (κ1) is 13.4. The first-order chi connectivity index (χ1) is 8.35. The van der Waals surface area contributed by atoms with Crippen LogP contribution in [-0.2, 0) is 17.7 Å². The van der Waals surface area contributed by atoms with Gasteiger partial charge in [0.1, 0.15) is 5.60 Å². The smallest absolute Gasteiger partial charge is 0.407 e. The maximum absolute atomic E-state index is 11.7. The molecule has 1 amide bonds. The topological polar surface area (TPSA) is 56.1 Å². The molecule has 0 aliphatic carbocycles. The van der Waals surface area contributed by atoms with Gasteiger partial charge in [0.05, 0.1) is 16.4 Å². The highest BCUT2D eigenvalue weighted by atomic mass is 79.9. The van der Waals surface area contributed by atoms with Gasteiger partial charge < -0.3 is 10.1 Å². The third kappa shape index (κ3) is 3.25. The van der Waals surface area contributed by atoms with Gasteiger partial charge in [0.2, 0.25) is 0 Å². The third-order valence-electron chi connectivity index (χ3n) is 2.75. The minimum atomic E-state index is -0.457. The lowest BCUT2D eigenvalue weighted by molar-refractivity contribution is 0.0496. The minimum absolute atomic E-state index is 0.111. The largest absolute Gasteiger partial charge is 0.444 e. The predicted molar refractivity (Wildman–Crippen MR) is 71.4 cm³/mol. The highest BCUT2D eigenvalue weighted by molar-refractivity contribution is 9.10. The number of rotatable bonds is 1. The Kier molecular flexibility index (Phi) is 3.66. The SMILES string of the molecule is CC(C)(C)OC(=O)NC1CCn2ncc(Br)c2C1. The zero-order valence-electron chi connectivity index (χ0n) is 10.9. The molecule has 1 aliphatic rings. The maximum Gasteiger partial charge on any atom is 0.407 e. The van der Waals surface area contributed by atoms with Crippen LogP contribution in [0.2, 0.25) is 0 Å². The summed E-state index contributed by atoms with van der Waals surface area (Å²) in [6.45, 7) is 6.40. The molecule has 0 saturated heterocycles. The molecular formula is C12H18BrN3O2. The second kappa shape index (κ2) is 4.91. The van der Waals surface area contributed by atoms with Crippen molar-refractivity contribution in [3.63, 3.8) is 0 Å². The lowest BCUT2D eigenvalue weighted by Crippen LogP contribution is -2.42. The molecule has 2 rings (SSSR count). The van der Waals surface area contributed by atoms with Crippen LogP contribution in [0.5, 0.6) is 0 Å². The number of nitrogens with zero attached hydrogens (tertiary/aromatic N) is 2. The van der Waals surface area contributed by atoms with Gasteiger partial charge in [-0.15, -0.1) is 0 Å². The van der Waals surface area contributed by atoms with E-state index in [0.717, 1.165) is 29.6 Å². The molecule has 0 aromatic carbocycles. The van der Waals surface area contributed by atoms with Gasteiger partial charge in [-0.1, -0.05) is 0 Å². The Bertz CT molecular complexity index is 451. The number of carbonyl (C=O) groups is 1. The van der Waals surface area contributed by atoms with E-state index in [1.54, 1.807) is 6.20 Å². The number of hydrogen-bond acceptors (Lipinski definition) is 3. The summed E-state index contributed by atoms with van der Waals surface area (Å²) in [6.07, 6.45) is 3.10. The van der Waals surface area contributed by atoms with Crippen molar-refractivity contribution in [1.29, 1.82) is 0 Å². The van der Waals surface area contributed by atoms with Crippen LogP contribution < -0.4 is 5.32 Å². The number of carbonyl (C=O) groups excluding carboxylic acids is 1. The molecule has 0 radical (unpaired) electrons. The standard InChI is InChI=1S/C12H18BrN3O2/c1-12(2,3)18-11(17)15-8-4-5-16-10(6-8)9(13)7-14-16/h7-8H,4-6H2,1-3H3,(H,15,17). The number of amides is 1. The molecule has 0 spiro atoms. The minimum Gasteiger partial charge on any atom is -0.444 e. The molecule has 1 atom stereocenters. The van der Waals surface area contributed by atoms with E-state index in [1.165, 1.54) is 0 Å². The number of alkyl carbamates (subject to hydrolysis) is 1. The number of aromatic nitrogens is 2. The van der Waals surface area contributed by atoms with Crippen molar-refractivity contribution in [2.45, 2.75) is 51.8 Å². The molecule has 0 fully saturated rings. The molecule has 18 heavy (non-hydrogen) atoms. The van der Waals surface area contributed by atoms with Crippen LogP contribution in [0.3, 0.4) is 0 Å².